The Hall–Kier alpha value is -2.38. The Morgan fingerprint density at radius 1 is 0.923 bits per heavy atom. The van der Waals surface area contributed by atoms with Gasteiger partial charge in [0.1, 0.15) is 5.69 Å². The fraction of sp³-hybridized carbons (Fsp3) is 0.333. The molecule has 0 spiro atoms. The second kappa shape index (κ2) is 6.10. The van der Waals surface area contributed by atoms with Crippen molar-refractivity contribution in [1.29, 1.82) is 0 Å². The molecular formula is C18H13F6NO. The number of benzene rings is 1. The minimum atomic E-state index is -4.95. The molecule has 26 heavy (non-hydrogen) atoms. The highest BCUT2D eigenvalue weighted by molar-refractivity contribution is 6.03. The third-order valence-electron chi connectivity index (χ3n) is 4.68. The number of ketones is 1. The Bertz CT molecular complexity index is 790. The Balaban J connectivity index is 2.16. The van der Waals surface area contributed by atoms with Crippen molar-refractivity contribution in [2.75, 3.05) is 0 Å². The quantitative estimate of drug-likeness (QED) is 0.531. The number of hydrogen-bond acceptors (Lipinski definition) is 2. The zero-order valence-corrected chi connectivity index (χ0v) is 13.3. The van der Waals surface area contributed by atoms with Crippen LogP contribution < -0.4 is 0 Å². The number of Topliss-reactive ketones (excluding diaryl/α,β-unsaturated/α-hetero) is 1. The van der Waals surface area contributed by atoms with Gasteiger partial charge in [0.15, 0.2) is 5.78 Å². The van der Waals surface area contributed by atoms with Crippen LogP contribution in [0.5, 0.6) is 0 Å². The first-order chi connectivity index (χ1) is 12.0. The lowest BCUT2D eigenvalue weighted by atomic mass is 9.61. The standard InChI is InChI=1S/C18H13F6NO/c19-17(20,21)12-8-11(9-13(10-12)18(22,23)24)16(5-3-6-16)15(26)14-4-1-2-7-25-14/h1-2,4,7-10H,3,5-6H2. The van der Waals surface area contributed by atoms with Crippen LogP contribution in [0.15, 0.2) is 42.6 Å². The summed E-state index contributed by atoms with van der Waals surface area (Å²) in [6.45, 7) is 0. The molecule has 1 fully saturated rings. The number of hydrogen-bond donors (Lipinski definition) is 0. The Morgan fingerprint density at radius 2 is 1.50 bits per heavy atom. The third-order valence-corrected chi connectivity index (χ3v) is 4.68. The summed E-state index contributed by atoms with van der Waals surface area (Å²) in [5.74, 6) is -0.559. The average molecular weight is 373 g/mol. The van der Waals surface area contributed by atoms with Crippen LogP contribution in [0.4, 0.5) is 26.3 Å². The molecule has 1 aliphatic carbocycles. The van der Waals surface area contributed by atoms with Crippen molar-refractivity contribution in [3.63, 3.8) is 0 Å². The van der Waals surface area contributed by atoms with E-state index in [4.69, 9.17) is 0 Å². The van der Waals surface area contributed by atoms with Gasteiger partial charge in [0.25, 0.3) is 0 Å². The topological polar surface area (TPSA) is 30.0 Å². The maximum absolute atomic E-state index is 13.1. The first-order valence-electron chi connectivity index (χ1n) is 7.80. The van der Waals surface area contributed by atoms with Crippen molar-refractivity contribution in [3.8, 4) is 0 Å². The minimum Gasteiger partial charge on any atom is -0.291 e. The summed E-state index contributed by atoms with van der Waals surface area (Å²) < 4.78 is 78.6. The van der Waals surface area contributed by atoms with Crippen LogP contribution in [0.3, 0.4) is 0 Å². The predicted molar refractivity (Wildman–Crippen MR) is 80.5 cm³/mol. The molecule has 3 rings (SSSR count). The molecule has 0 saturated heterocycles. The van der Waals surface area contributed by atoms with Crippen LogP contribution in [0.25, 0.3) is 0 Å². The molecule has 1 aliphatic rings. The molecule has 0 atom stereocenters. The smallest absolute Gasteiger partial charge is 0.291 e. The van der Waals surface area contributed by atoms with Crippen molar-refractivity contribution in [2.45, 2.75) is 37.0 Å². The summed E-state index contributed by atoms with van der Waals surface area (Å²) in [7, 11) is 0. The van der Waals surface area contributed by atoms with E-state index in [1.165, 1.54) is 12.3 Å². The van der Waals surface area contributed by atoms with Crippen LogP contribution in [0, 0.1) is 0 Å². The van der Waals surface area contributed by atoms with Crippen molar-refractivity contribution >= 4 is 5.78 Å². The molecule has 0 amide bonds. The number of alkyl halides is 6. The van der Waals surface area contributed by atoms with Crippen LogP contribution in [-0.4, -0.2) is 10.8 Å². The lowest BCUT2D eigenvalue weighted by molar-refractivity contribution is -0.143. The highest BCUT2D eigenvalue weighted by Crippen LogP contribution is 2.48. The van der Waals surface area contributed by atoms with E-state index in [0.717, 1.165) is 0 Å². The number of carbonyl (C=O) groups is 1. The number of aromatic nitrogens is 1. The molecule has 1 aromatic carbocycles. The van der Waals surface area contributed by atoms with Gasteiger partial charge < -0.3 is 0 Å². The maximum atomic E-state index is 13.1. The van der Waals surface area contributed by atoms with Crippen LogP contribution in [0.2, 0.25) is 0 Å². The molecule has 0 radical (unpaired) electrons. The maximum Gasteiger partial charge on any atom is 0.416 e. The van der Waals surface area contributed by atoms with Crippen molar-refractivity contribution in [3.05, 3.63) is 65.0 Å². The zero-order chi connectivity index (χ0) is 19.2. The summed E-state index contributed by atoms with van der Waals surface area (Å²) in [5, 5.41) is 0. The number of pyridine rings is 1. The van der Waals surface area contributed by atoms with Gasteiger partial charge in [0.2, 0.25) is 0 Å². The van der Waals surface area contributed by atoms with E-state index in [-0.39, 0.29) is 30.2 Å². The third kappa shape index (κ3) is 3.20. The second-order valence-corrected chi connectivity index (χ2v) is 6.27. The van der Waals surface area contributed by atoms with E-state index in [1.54, 1.807) is 12.1 Å². The molecule has 2 nitrogen and oxygen atoms in total. The van der Waals surface area contributed by atoms with Gasteiger partial charge in [0.05, 0.1) is 16.5 Å². The zero-order valence-electron chi connectivity index (χ0n) is 13.3. The largest absolute Gasteiger partial charge is 0.416 e. The van der Waals surface area contributed by atoms with Gasteiger partial charge in [-0.2, -0.15) is 26.3 Å². The SMILES string of the molecule is O=C(c1ccccn1)C1(c2cc(C(F)(F)F)cc(C(F)(F)F)c2)CCC1. The lowest BCUT2D eigenvalue weighted by Gasteiger charge is -2.41. The molecule has 1 aromatic heterocycles. The van der Waals surface area contributed by atoms with Crippen LogP contribution >= 0.6 is 0 Å². The molecule has 2 aromatic rings. The molecule has 0 bridgehead atoms. The van der Waals surface area contributed by atoms with E-state index >= 15 is 0 Å². The first-order valence-corrected chi connectivity index (χ1v) is 7.80. The lowest BCUT2D eigenvalue weighted by Crippen LogP contribution is -2.43. The summed E-state index contributed by atoms with van der Waals surface area (Å²) in [6.07, 6.45) is -7.64. The molecule has 0 unspecified atom stereocenters. The molecule has 0 N–H and O–H groups in total. The van der Waals surface area contributed by atoms with Gasteiger partial charge >= 0.3 is 12.4 Å². The number of halogens is 6. The van der Waals surface area contributed by atoms with Gasteiger partial charge in [-0.25, -0.2) is 0 Å². The van der Waals surface area contributed by atoms with E-state index < -0.39 is 34.7 Å². The second-order valence-electron chi connectivity index (χ2n) is 6.27. The van der Waals surface area contributed by atoms with Crippen molar-refractivity contribution in [1.82, 2.24) is 4.98 Å². The van der Waals surface area contributed by atoms with E-state index in [0.29, 0.717) is 18.6 Å². The normalized spacial score (nSPS) is 16.8. The Kier molecular flexibility index (Phi) is 4.32. The van der Waals surface area contributed by atoms with E-state index in [2.05, 4.69) is 4.98 Å². The molecular weight excluding hydrogens is 360 g/mol. The van der Waals surface area contributed by atoms with Crippen molar-refractivity contribution < 1.29 is 31.1 Å². The molecule has 0 aliphatic heterocycles. The summed E-state index contributed by atoms with van der Waals surface area (Å²) in [5.41, 5.74) is -4.47. The molecule has 1 heterocycles. The van der Waals surface area contributed by atoms with Gasteiger partial charge in [-0.15, -0.1) is 0 Å². The van der Waals surface area contributed by atoms with E-state index in [9.17, 15) is 31.1 Å². The number of rotatable bonds is 3. The first kappa shape index (κ1) is 18.4. The Morgan fingerprint density at radius 3 is 1.88 bits per heavy atom. The predicted octanol–water partition coefficient (Wildman–Crippen LogP) is 5.42. The summed E-state index contributed by atoms with van der Waals surface area (Å²) in [6, 6.07) is 5.88. The molecule has 1 saturated carbocycles. The van der Waals surface area contributed by atoms with Gasteiger partial charge in [-0.05, 0) is 48.7 Å². The van der Waals surface area contributed by atoms with E-state index in [1.807, 2.05) is 0 Å². The van der Waals surface area contributed by atoms with Crippen LogP contribution in [-0.2, 0) is 17.8 Å². The number of carbonyl (C=O) groups excluding carboxylic acids is 1. The molecule has 138 valence electrons. The number of nitrogens with zero attached hydrogens (tertiary/aromatic N) is 1. The fourth-order valence-corrected chi connectivity index (χ4v) is 3.15. The summed E-state index contributed by atoms with van der Waals surface area (Å²) >= 11 is 0. The molecule has 8 heteroatoms. The van der Waals surface area contributed by atoms with Gasteiger partial charge in [0, 0.05) is 6.20 Å². The average Bonchev–Trinajstić information content (AvgIpc) is 2.52. The highest BCUT2D eigenvalue weighted by atomic mass is 19.4. The summed E-state index contributed by atoms with van der Waals surface area (Å²) in [4.78, 5) is 16.7. The highest BCUT2D eigenvalue weighted by Gasteiger charge is 2.48. The van der Waals surface area contributed by atoms with Gasteiger partial charge in [-0.3, -0.25) is 9.78 Å². The van der Waals surface area contributed by atoms with Crippen molar-refractivity contribution in [2.24, 2.45) is 0 Å². The van der Waals surface area contributed by atoms with Crippen LogP contribution in [0.1, 0.15) is 46.4 Å². The van der Waals surface area contributed by atoms with Gasteiger partial charge in [-0.1, -0.05) is 12.5 Å². The Labute approximate surface area is 144 Å². The minimum absolute atomic E-state index is 0.0261. The monoisotopic (exact) mass is 373 g/mol. The fourth-order valence-electron chi connectivity index (χ4n) is 3.15.